The van der Waals surface area contributed by atoms with E-state index in [1.54, 1.807) is 27.2 Å². The summed E-state index contributed by atoms with van der Waals surface area (Å²) in [7, 11) is 3.47. The second kappa shape index (κ2) is 18.4. The third-order valence-corrected chi connectivity index (χ3v) is 16.6. The molecule has 0 spiro atoms. The predicted octanol–water partition coefficient (Wildman–Crippen LogP) is 10.1. The summed E-state index contributed by atoms with van der Waals surface area (Å²) in [5.74, 6) is 6.79. The summed E-state index contributed by atoms with van der Waals surface area (Å²) in [6.45, 7) is 20.0. The van der Waals surface area contributed by atoms with Gasteiger partial charge >= 0.3 is 6.09 Å². The molecule has 1 heterocycles. The molecule has 5 rings (SSSR count). The van der Waals surface area contributed by atoms with E-state index in [0.29, 0.717) is 38.0 Å². The largest absolute Gasteiger partial charge is 0.446 e. The zero-order valence-electron chi connectivity index (χ0n) is 34.1. The fraction of sp³-hybridized carbons (Fsp3) is 0.907. The van der Waals surface area contributed by atoms with Gasteiger partial charge in [0, 0.05) is 37.4 Å². The van der Waals surface area contributed by atoms with E-state index in [-0.39, 0.29) is 35.2 Å². The van der Waals surface area contributed by atoms with Gasteiger partial charge in [-0.15, -0.1) is 0 Å². The molecule has 298 valence electrons. The monoisotopic (exact) mass is 763 g/mol. The lowest BCUT2D eigenvalue weighted by molar-refractivity contribution is -0.134. The number of carbonyl (C=O) groups excluding carboxylic acids is 2. The number of rotatable bonds is 16. The van der Waals surface area contributed by atoms with Crippen molar-refractivity contribution in [3.05, 3.63) is 11.6 Å². The molecule has 1 aliphatic heterocycles. The predicted molar refractivity (Wildman–Crippen MR) is 217 cm³/mol. The van der Waals surface area contributed by atoms with Crippen LogP contribution in [-0.2, 0) is 14.3 Å². The Morgan fingerprint density at radius 1 is 1.02 bits per heavy atom. The quantitative estimate of drug-likeness (QED) is 0.0920. The van der Waals surface area contributed by atoms with Crippen LogP contribution in [-0.4, -0.2) is 77.1 Å². The summed E-state index contributed by atoms with van der Waals surface area (Å²) in [5, 5.41) is 13.1. The first kappa shape index (κ1) is 42.2. The van der Waals surface area contributed by atoms with Crippen molar-refractivity contribution in [1.29, 1.82) is 0 Å². The first-order valence-electron chi connectivity index (χ1n) is 21.1. The average molecular weight is 763 g/mol. The Labute approximate surface area is 325 Å². The number of nitrogens with one attached hydrogen (secondary N) is 1. The lowest BCUT2D eigenvalue weighted by Gasteiger charge is -2.58. The Bertz CT molecular complexity index is 1220. The molecular formula is C43H74N2O5S2. The molecule has 0 bridgehead atoms. The minimum absolute atomic E-state index is 0.0248. The summed E-state index contributed by atoms with van der Waals surface area (Å²) in [5.41, 5.74) is 2.08. The number of alkyl carbamates (subject to hydrolysis) is 1. The van der Waals surface area contributed by atoms with E-state index >= 15 is 0 Å². The Morgan fingerprint density at radius 2 is 1.79 bits per heavy atom. The van der Waals surface area contributed by atoms with Crippen LogP contribution in [0.25, 0.3) is 0 Å². The molecule has 52 heavy (non-hydrogen) atoms. The van der Waals surface area contributed by atoms with Crippen molar-refractivity contribution in [1.82, 2.24) is 10.2 Å². The standard InChI is InChI=1S/C43H74N2O5S2/c1-29(2)11-9-12-30(3)36-16-17-37-35-15-14-31-25-34(18-20-42(31,7)38(35)19-21-43(36,37)8)50-40(48)44-22-24-52-51-23-10-13-39(47)45-27-33(46)26-32(45)28-49-41(4,5)6/h14,29-30,32-38,46H,9-13,15-28H2,1-8H3,(H,44,48)/t30-,32+,33-,34+,35?,36-,37?,38?,42+,43-/m1/s1. The molecule has 7 nitrogen and oxygen atoms in total. The second-order valence-electron chi connectivity index (χ2n) is 19.2. The number of hydrogen-bond donors (Lipinski definition) is 2. The lowest BCUT2D eigenvalue weighted by atomic mass is 9.47. The number of ether oxygens (including phenoxy) is 2. The van der Waals surface area contributed by atoms with Gasteiger partial charge in [-0.2, -0.15) is 0 Å². The molecule has 4 aliphatic carbocycles. The zero-order chi connectivity index (χ0) is 37.7. The number of likely N-dealkylation sites (tertiary alicyclic amines) is 1. The minimum Gasteiger partial charge on any atom is -0.446 e. The van der Waals surface area contributed by atoms with E-state index in [1.165, 1.54) is 51.4 Å². The van der Waals surface area contributed by atoms with Gasteiger partial charge in [0.1, 0.15) is 6.10 Å². The number of nitrogens with zero attached hydrogens (tertiary/aromatic N) is 1. The number of fused-ring (bicyclic) bond motifs is 5. The van der Waals surface area contributed by atoms with Crippen molar-refractivity contribution in [2.75, 3.05) is 31.2 Å². The van der Waals surface area contributed by atoms with Crippen molar-refractivity contribution in [3.63, 3.8) is 0 Å². The molecule has 4 fully saturated rings. The lowest BCUT2D eigenvalue weighted by Crippen LogP contribution is -2.51. The number of carbonyl (C=O) groups is 2. The Morgan fingerprint density at radius 3 is 2.54 bits per heavy atom. The summed E-state index contributed by atoms with van der Waals surface area (Å²) in [6.07, 6.45) is 17.7. The van der Waals surface area contributed by atoms with Gasteiger partial charge in [0.15, 0.2) is 0 Å². The van der Waals surface area contributed by atoms with Gasteiger partial charge in [0.25, 0.3) is 0 Å². The first-order valence-corrected chi connectivity index (χ1v) is 23.6. The van der Waals surface area contributed by atoms with E-state index < -0.39 is 6.10 Å². The van der Waals surface area contributed by atoms with E-state index in [0.717, 1.165) is 72.7 Å². The van der Waals surface area contributed by atoms with Crippen LogP contribution in [0.4, 0.5) is 4.79 Å². The van der Waals surface area contributed by atoms with Crippen molar-refractivity contribution in [3.8, 4) is 0 Å². The van der Waals surface area contributed by atoms with Crippen LogP contribution in [0.3, 0.4) is 0 Å². The number of β-amino-alcohol motifs (C(OH)–C–C–N with tert-alkyl or cyclic N) is 1. The van der Waals surface area contributed by atoms with Gasteiger partial charge in [-0.05, 0) is 125 Å². The highest BCUT2D eigenvalue weighted by atomic mass is 33.1. The van der Waals surface area contributed by atoms with E-state index in [4.69, 9.17) is 9.47 Å². The Kier molecular flexibility index (Phi) is 14.9. The topological polar surface area (TPSA) is 88.1 Å². The molecule has 0 aromatic rings. The molecular weight excluding hydrogens is 689 g/mol. The summed E-state index contributed by atoms with van der Waals surface area (Å²) in [6, 6.07) is -0.0498. The van der Waals surface area contributed by atoms with E-state index in [2.05, 4.69) is 46.0 Å². The van der Waals surface area contributed by atoms with Gasteiger partial charge in [-0.3, -0.25) is 4.79 Å². The van der Waals surface area contributed by atoms with Crippen molar-refractivity contribution in [2.45, 2.75) is 169 Å². The van der Waals surface area contributed by atoms with Crippen LogP contribution in [0.1, 0.15) is 145 Å². The molecule has 2 amide bonds. The van der Waals surface area contributed by atoms with Crippen LogP contribution < -0.4 is 5.32 Å². The van der Waals surface area contributed by atoms with Gasteiger partial charge in [-0.25, -0.2) is 4.79 Å². The fourth-order valence-corrected chi connectivity index (χ4v) is 13.4. The highest BCUT2D eigenvalue weighted by Crippen LogP contribution is 2.67. The average Bonchev–Trinajstić information content (AvgIpc) is 3.63. The van der Waals surface area contributed by atoms with Crippen LogP contribution >= 0.6 is 21.6 Å². The van der Waals surface area contributed by atoms with E-state index in [1.807, 2.05) is 25.7 Å². The van der Waals surface area contributed by atoms with Gasteiger partial charge in [-0.1, -0.05) is 87.1 Å². The number of amides is 2. The normalized spacial score (nSPS) is 35.1. The second-order valence-corrected chi connectivity index (χ2v) is 21.9. The van der Waals surface area contributed by atoms with Crippen LogP contribution in [0.5, 0.6) is 0 Å². The molecule has 3 unspecified atom stereocenters. The van der Waals surface area contributed by atoms with Crippen LogP contribution in [0.2, 0.25) is 0 Å². The summed E-state index contributed by atoms with van der Waals surface area (Å²) in [4.78, 5) is 27.4. The molecule has 1 saturated heterocycles. The molecule has 5 aliphatic rings. The Hall–Kier alpha value is -0.900. The third-order valence-electron chi connectivity index (χ3n) is 14.1. The zero-order valence-corrected chi connectivity index (χ0v) is 35.7. The third kappa shape index (κ3) is 10.5. The van der Waals surface area contributed by atoms with Gasteiger partial charge in [0.2, 0.25) is 5.91 Å². The Balaban J connectivity index is 0.974. The van der Waals surface area contributed by atoms with Gasteiger partial charge in [0.05, 0.1) is 24.4 Å². The van der Waals surface area contributed by atoms with Crippen molar-refractivity contribution < 1.29 is 24.2 Å². The smallest absolute Gasteiger partial charge is 0.407 e. The highest BCUT2D eigenvalue weighted by molar-refractivity contribution is 8.76. The van der Waals surface area contributed by atoms with Crippen molar-refractivity contribution in [2.24, 2.45) is 46.3 Å². The maximum atomic E-state index is 12.9. The SMILES string of the molecule is CC(C)CCC[C@@H](C)[C@H]1CCC2C3CC=C4C[C@@H](OC(=O)NCCSSCCCC(=O)N5C[C@H](O)C[C@H]5COC(C)(C)C)CC[C@]4(C)C3CC[C@@]21C. The minimum atomic E-state index is -0.469. The molecule has 0 aromatic carbocycles. The number of allylic oxidation sites excluding steroid dienone is 1. The molecule has 2 N–H and O–H groups in total. The molecule has 10 atom stereocenters. The fourth-order valence-electron chi connectivity index (χ4n) is 11.4. The molecule has 3 saturated carbocycles. The number of hydrogen-bond acceptors (Lipinski definition) is 7. The summed E-state index contributed by atoms with van der Waals surface area (Å²) >= 11 is 0. The van der Waals surface area contributed by atoms with Crippen LogP contribution in [0, 0.1) is 46.3 Å². The first-order chi connectivity index (χ1) is 24.6. The maximum absolute atomic E-state index is 12.9. The van der Waals surface area contributed by atoms with Crippen molar-refractivity contribution >= 4 is 33.6 Å². The maximum Gasteiger partial charge on any atom is 0.407 e. The van der Waals surface area contributed by atoms with Crippen LogP contribution in [0.15, 0.2) is 11.6 Å². The number of aliphatic hydroxyl groups is 1. The number of aliphatic hydroxyl groups excluding tert-OH is 1. The molecule has 0 radical (unpaired) electrons. The molecule has 0 aromatic heterocycles. The summed E-state index contributed by atoms with van der Waals surface area (Å²) < 4.78 is 11.9. The van der Waals surface area contributed by atoms with Gasteiger partial charge < -0.3 is 24.8 Å². The van der Waals surface area contributed by atoms with E-state index in [9.17, 15) is 14.7 Å². The molecule has 9 heteroatoms. The highest BCUT2D eigenvalue weighted by Gasteiger charge is 2.59.